The number of fused-ring (bicyclic) bond motifs is 2. The fourth-order valence-electron chi connectivity index (χ4n) is 3.16. The Bertz CT molecular complexity index is 614. The molecule has 80 valence electrons. The smallest absolute Gasteiger partial charge is 0.113 e. The van der Waals surface area contributed by atoms with E-state index in [2.05, 4.69) is 44.2 Å². The minimum atomic E-state index is 0.0799. The van der Waals surface area contributed by atoms with E-state index < -0.39 is 0 Å². The van der Waals surface area contributed by atoms with E-state index in [1.165, 1.54) is 27.5 Å². The van der Waals surface area contributed by atoms with Crippen LogP contribution in [-0.2, 0) is 11.2 Å². The molecule has 0 amide bonds. The Morgan fingerprint density at radius 2 is 2.12 bits per heavy atom. The van der Waals surface area contributed by atoms with Gasteiger partial charge in [-0.25, -0.2) is 0 Å². The third-order valence-electron chi connectivity index (χ3n) is 4.09. The first kappa shape index (κ1) is 8.77. The van der Waals surface area contributed by atoms with E-state index >= 15 is 0 Å². The van der Waals surface area contributed by atoms with Crippen molar-refractivity contribution in [2.24, 2.45) is 0 Å². The molecular weight excluding hydrogens is 196 g/mol. The second-order valence-electron chi connectivity index (χ2n) is 5.30. The highest BCUT2D eigenvalue weighted by Gasteiger charge is 2.55. The molecule has 2 unspecified atom stereocenters. The molecule has 1 heteroatoms. The number of benzene rings is 2. The van der Waals surface area contributed by atoms with Gasteiger partial charge in [-0.3, -0.25) is 0 Å². The number of aryl methyl sites for hydroxylation is 1. The molecule has 1 heterocycles. The molecule has 2 aromatic rings. The van der Waals surface area contributed by atoms with Crippen molar-refractivity contribution in [2.45, 2.75) is 32.0 Å². The van der Waals surface area contributed by atoms with Crippen molar-refractivity contribution < 1.29 is 4.74 Å². The van der Waals surface area contributed by atoms with E-state index in [9.17, 15) is 0 Å². The van der Waals surface area contributed by atoms with Crippen molar-refractivity contribution in [3.05, 3.63) is 47.0 Å². The fourth-order valence-corrected chi connectivity index (χ4v) is 3.16. The zero-order valence-electron chi connectivity index (χ0n) is 9.58. The molecule has 0 aromatic heterocycles. The minimum absolute atomic E-state index is 0.0799. The molecule has 0 saturated carbocycles. The van der Waals surface area contributed by atoms with Crippen LogP contribution in [0.25, 0.3) is 10.8 Å². The van der Waals surface area contributed by atoms with Gasteiger partial charge in [-0.2, -0.15) is 0 Å². The van der Waals surface area contributed by atoms with E-state index in [4.69, 9.17) is 4.74 Å². The van der Waals surface area contributed by atoms with E-state index in [1.54, 1.807) is 0 Å². The van der Waals surface area contributed by atoms with Crippen molar-refractivity contribution in [3.8, 4) is 0 Å². The Labute approximate surface area is 95.0 Å². The molecular formula is C15H14O. The van der Waals surface area contributed by atoms with Gasteiger partial charge in [-0.15, -0.1) is 0 Å². The van der Waals surface area contributed by atoms with Crippen LogP contribution in [0, 0.1) is 6.92 Å². The summed E-state index contributed by atoms with van der Waals surface area (Å²) in [7, 11) is 0. The van der Waals surface area contributed by atoms with Crippen molar-refractivity contribution in [3.63, 3.8) is 0 Å². The molecule has 1 saturated heterocycles. The van der Waals surface area contributed by atoms with Crippen molar-refractivity contribution in [1.82, 2.24) is 0 Å². The zero-order valence-corrected chi connectivity index (χ0v) is 9.58. The average molecular weight is 210 g/mol. The molecule has 0 N–H and O–H groups in total. The van der Waals surface area contributed by atoms with Gasteiger partial charge in [0.2, 0.25) is 0 Å². The van der Waals surface area contributed by atoms with Crippen LogP contribution in [-0.4, -0.2) is 5.60 Å². The van der Waals surface area contributed by atoms with Crippen LogP contribution in [0.5, 0.6) is 0 Å². The lowest BCUT2D eigenvalue weighted by Crippen LogP contribution is -2.15. The average Bonchev–Trinajstić information content (AvgIpc) is 2.94. The van der Waals surface area contributed by atoms with Gasteiger partial charge in [-0.05, 0) is 41.3 Å². The van der Waals surface area contributed by atoms with Crippen molar-refractivity contribution in [2.75, 3.05) is 0 Å². The number of ether oxygens (including phenoxy) is 1. The summed E-state index contributed by atoms with van der Waals surface area (Å²) in [4.78, 5) is 0. The Balaban J connectivity index is 2.16. The van der Waals surface area contributed by atoms with Gasteiger partial charge in [-0.1, -0.05) is 30.3 Å². The first-order valence-corrected chi connectivity index (χ1v) is 5.88. The Hall–Kier alpha value is -1.34. The Morgan fingerprint density at radius 3 is 3.00 bits per heavy atom. The predicted molar refractivity (Wildman–Crippen MR) is 64.6 cm³/mol. The quantitative estimate of drug-likeness (QED) is 0.606. The van der Waals surface area contributed by atoms with Crippen molar-refractivity contribution >= 4 is 10.8 Å². The van der Waals surface area contributed by atoms with Crippen LogP contribution in [0.2, 0.25) is 0 Å². The molecule has 2 atom stereocenters. The lowest BCUT2D eigenvalue weighted by Gasteiger charge is -2.19. The monoisotopic (exact) mass is 210 g/mol. The predicted octanol–water partition coefficient (Wildman–Crippen LogP) is 3.53. The van der Waals surface area contributed by atoms with Gasteiger partial charge in [0, 0.05) is 6.42 Å². The SMILES string of the molecule is Cc1ccc2c3c(cccc13)CC1(C)OC21. The van der Waals surface area contributed by atoms with E-state index in [1.807, 2.05) is 0 Å². The largest absolute Gasteiger partial charge is 0.361 e. The molecule has 4 rings (SSSR count). The summed E-state index contributed by atoms with van der Waals surface area (Å²) in [6, 6.07) is 11.1. The van der Waals surface area contributed by atoms with Gasteiger partial charge < -0.3 is 4.74 Å². The summed E-state index contributed by atoms with van der Waals surface area (Å²) in [6.45, 7) is 4.41. The third-order valence-corrected chi connectivity index (χ3v) is 4.09. The molecule has 0 bridgehead atoms. The van der Waals surface area contributed by atoms with Gasteiger partial charge in [0.05, 0.1) is 0 Å². The van der Waals surface area contributed by atoms with Gasteiger partial charge in [0.1, 0.15) is 11.7 Å². The highest BCUT2D eigenvalue weighted by Crippen LogP contribution is 2.57. The molecule has 1 aliphatic carbocycles. The summed E-state index contributed by atoms with van der Waals surface area (Å²) >= 11 is 0. The number of hydrogen-bond acceptors (Lipinski definition) is 1. The second kappa shape index (κ2) is 2.49. The number of epoxide rings is 1. The molecule has 16 heavy (non-hydrogen) atoms. The molecule has 1 nitrogen and oxygen atoms in total. The maximum Gasteiger partial charge on any atom is 0.113 e. The second-order valence-corrected chi connectivity index (χ2v) is 5.30. The van der Waals surface area contributed by atoms with Gasteiger partial charge >= 0.3 is 0 Å². The summed E-state index contributed by atoms with van der Waals surface area (Å²) in [6.07, 6.45) is 1.40. The molecule has 0 radical (unpaired) electrons. The molecule has 0 spiro atoms. The fraction of sp³-hybridized carbons (Fsp3) is 0.333. The maximum atomic E-state index is 5.88. The maximum absolute atomic E-state index is 5.88. The summed E-state index contributed by atoms with van der Waals surface area (Å²) in [5, 5.41) is 2.84. The molecule has 1 fully saturated rings. The number of rotatable bonds is 0. The van der Waals surface area contributed by atoms with Crippen LogP contribution in [0.4, 0.5) is 0 Å². The normalized spacial score (nSPS) is 30.2. The summed E-state index contributed by atoms with van der Waals surface area (Å²) in [5.41, 5.74) is 4.29. The van der Waals surface area contributed by atoms with E-state index in [0.29, 0.717) is 6.10 Å². The van der Waals surface area contributed by atoms with Crippen LogP contribution in [0.3, 0.4) is 0 Å². The first-order chi connectivity index (χ1) is 7.69. The van der Waals surface area contributed by atoms with E-state index in [0.717, 1.165) is 6.42 Å². The molecule has 1 aliphatic heterocycles. The molecule has 2 aliphatic rings. The van der Waals surface area contributed by atoms with Gasteiger partial charge in [0.15, 0.2) is 0 Å². The zero-order chi connectivity index (χ0) is 10.9. The molecule has 2 aromatic carbocycles. The van der Waals surface area contributed by atoms with Gasteiger partial charge in [0.25, 0.3) is 0 Å². The van der Waals surface area contributed by atoms with Crippen LogP contribution in [0.15, 0.2) is 30.3 Å². The Morgan fingerprint density at radius 1 is 1.25 bits per heavy atom. The lowest BCUT2D eigenvalue weighted by atomic mass is 9.82. The first-order valence-electron chi connectivity index (χ1n) is 5.88. The highest BCUT2D eigenvalue weighted by molar-refractivity contribution is 5.93. The van der Waals surface area contributed by atoms with E-state index in [-0.39, 0.29) is 5.60 Å². The third kappa shape index (κ3) is 0.903. The van der Waals surface area contributed by atoms with Crippen molar-refractivity contribution in [1.29, 1.82) is 0 Å². The van der Waals surface area contributed by atoms with Crippen LogP contribution in [0.1, 0.15) is 29.7 Å². The summed E-state index contributed by atoms with van der Waals surface area (Å²) < 4.78 is 5.88. The minimum Gasteiger partial charge on any atom is -0.361 e. The lowest BCUT2D eigenvalue weighted by molar-refractivity contribution is 0.311. The summed E-state index contributed by atoms with van der Waals surface area (Å²) in [5.74, 6) is 0. The highest BCUT2D eigenvalue weighted by atomic mass is 16.6. The van der Waals surface area contributed by atoms with Crippen LogP contribution < -0.4 is 0 Å². The Kier molecular flexibility index (Phi) is 1.36. The van der Waals surface area contributed by atoms with Crippen LogP contribution >= 0.6 is 0 Å². The standard InChI is InChI=1S/C15H14O/c1-9-6-7-12-13-10(4-3-5-11(9)13)8-15(2)14(12)16-15/h3-7,14H,8H2,1-2H3. The number of hydrogen-bond donors (Lipinski definition) is 0. The topological polar surface area (TPSA) is 12.5 Å².